The van der Waals surface area contributed by atoms with Crippen LogP contribution in [0, 0.1) is 0 Å². The Morgan fingerprint density at radius 3 is 2.32 bits per heavy atom. The summed E-state index contributed by atoms with van der Waals surface area (Å²) in [6.07, 6.45) is 0. The van der Waals surface area contributed by atoms with Gasteiger partial charge in [-0.3, -0.25) is 4.90 Å². The number of hydrogen-bond acceptors (Lipinski definition) is 8. The predicted octanol–water partition coefficient (Wildman–Crippen LogP) is 2.71. The van der Waals surface area contributed by atoms with Gasteiger partial charge in [0.15, 0.2) is 11.5 Å². The van der Waals surface area contributed by atoms with Crippen LogP contribution >= 0.6 is 0 Å². The maximum atomic E-state index is 13.2. The van der Waals surface area contributed by atoms with Crippen molar-refractivity contribution in [1.29, 1.82) is 0 Å². The minimum Gasteiger partial charge on any atom is -0.495 e. The number of ether oxygens (including phenoxy) is 4. The molecule has 2 aliphatic heterocycles. The number of para-hydroxylation sites is 3. The lowest BCUT2D eigenvalue weighted by Crippen LogP contribution is -2.52. The summed E-state index contributed by atoms with van der Waals surface area (Å²) in [5.74, 6) is 1.30. The molecule has 10 heteroatoms. The van der Waals surface area contributed by atoms with Gasteiger partial charge in [0.25, 0.3) is 0 Å². The van der Waals surface area contributed by atoms with Gasteiger partial charge < -0.3 is 34.5 Å². The normalized spacial score (nSPS) is 18.1. The monoisotopic (exact) mass is 510 g/mol. The van der Waals surface area contributed by atoms with E-state index < -0.39 is 18.0 Å². The van der Waals surface area contributed by atoms with Gasteiger partial charge in [-0.1, -0.05) is 24.3 Å². The molecule has 10 nitrogen and oxygen atoms in total. The van der Waals surface area contributed by atoms with Crippen LogP contribution in [0.15, 0.2) is 53.7 Å². The second-order valence-corrected chi connectivity index (χ2v) is 8.66. The lowest BCUT2D eigenvalue weighted by molar-refractivity contribution is -0.139. The Kier molecular flexibility index (Phi) is 8.39. The maximum absolute atomic E-state index is 13.2. The molecule has 0 saturated carbocycles. The molecule has 1 atom stereocenters. The topological polar surface area (TPSA) is 102 Å². The van der Waals surface area contributed by atoms with E-state index in [1.165, 1.54) is 7.11 Å². The molecule has 0 spiro atoms. The van der Waals surface area contributed by atoms with Crippen LogP contribution in [0.5, 0.6) is 17.2 Å². The van der Waals surface area contributed by atoms with Gasteiger partial charge in [-0.05, 0) is 25.1 Å². The van der Waals surface area contributed by atoms with E-state index in [1.54, 1.807) is 39.3 Å². The van der Waals surface area contributed by atoms with E-state index in [2.05, 4.69) is 26.5 Å². The summed E-state index contributed by atoms with van der Waals surface area (Å²) >= 11 is 0. The van der Waals surface area contributed by atoms with Gasteiger partial charge in [-0.25, -0.2) is 9.59 Å². The van der Waals surface area contributed by atoms with Crippen molar-refractivity contribution in [2.45, 2.75) is 13.0 Å². The summed E-state index contributed by atoms with van der Waals surface area (Å²) in [6.45, 7) is 5.41. The number of nitrogens with one attached hydrogen (secondary N) is 2. The van der Waals surface area contributed by atoms with Crippen LogP contribution in [0.1, 0.15) is 18.5 Å². The van der Waals surface area contributed by atoms with Crippen molar-refractivity contribution >= 4 is 17.7 Å². The van der Waals surface area contributed by atoms with Crippen LogP contribution in [0.2, 0.25) is 0 Å². The summed E-state index contributed by atoms with van der Waals surface area (Å²) in [6, 6.07) is 12.2. The highest BCUT2D eigenvalue weighted by atomic mass is 16.5. The second kappa shape index (κ2) is 11.9. The van der Waals surface area contributed by atoms with Gasteiger partial charge >= 0.3 is 12.0 Å². The lowest BCUT2D eigenvalue weighted by Gasteiger charge is -2.38. The first kappa shape index (κ1) is 26.2. The molecule has 2 aliphatic rings. The third-order valence-electron chi connectivity index (χ3n) is 6.57. The Hall–Kier alpha value is -3.92. The van der Waals surface area contributed by atoms with Gasteiger partial charge in [0, 0.05) is 44.0 Å². The van der Waals surface area contributed by atoms with E-state index in [0.29, 0.717) is 34.9 Å². The molecule has 0 unspecified atom stereocenters. The average molecular weight is 511 g/mol. The Morgan fingerprint density at radius 1 is 0.946 bits per heavy atom. The van der Waals surface area contributed by atoms with Crippen LogP contribution in [-0.4, -0.2) is 77.6 Å². The van der Waals surface area contributed by atoms with E-state index in [-0.39, 0.29) is 6.61 Å². The zero-order valence-electron chi connectivity index (χ0n) is 21.7. The second-order valence-electron chi connectivity index (χ2n) is 8.66. The quantitative estimate of drug-likeness (QED) is 0.497. The number of hydrogen-bond donors (Lipinski definition) is 2. The van der Waals surface area contributed by atoms with Crippen molar-refractivity contribution in [2.75, 3.05) is 65.6 Å². The number of carbonyl (C=O) groups is 2. The zero-order valence-corrected chi connectivity index (χ0v) is 21.7. The average Bonchev–Trinajstić information content (AvgIpc) is 2.92. The van der Waals surface area contributed by atoms with Crippen molar-refractivity contribution in [3.05, 3.63) is 59.3 Å². The Bertz CT molecular complexity index is 1160. The van der Waals surface area contributed by atoms with E-state index in [4.69, 9.17) is 18.9 Å². The van der Waals surface area contributed by atoms with Gasteiger partial charge in [0.05, 0.1) is 45.2 Å². The van der Waals surface area contributed by atoms with E-state index >= 15 is 0 Å². The summed E-state index contributed by atoms with van der Waals surface area (Å²) in [5, 5.41) is 5.73. The van der Waals surface area contributed by atoms with Crippen LogP contribution in [0.3, 0.4) is 0 Å². The van der Waals surface area contributed by atoms with E-state index in [9.17, 15) is 9.59 Å². The summed E-state index contributed by atoms with van der Waals surface area (Å²) in [7, 11) is 4.74. The number of rotatable bonds is 9. The maximum Gasteiger partial charge on any atom is 0.338 e. The molecule has 1 saturated heterocycles. The molecule has 2 amide bonds. The SMILES string of the molecule is CCOC(=O)C1=C(CN2CCN(c3ccccc3OC)CC2)NC(=O)N[C@H]1c1cccc(OC)c1OC. The highest BCUT2D eigenvalue weighted by molar-refractivity contribution is 5.95. The fraction of sp³-hybridized carbons (Fsp3) is 0.407. The molecule has 2 aromatic rings. The number of methoxy groups -OCH3 is 3. The Balaban J connectivity index is 1.62. The molecule has 198 valence electrons. The zero-order chi connectivity index (χ0) is 26.4. The first-order valence-corrected chi connectivity index (χ1v) is 12.3. The van der Waals surface area contributed by atoms with Crippen molar-refractivity contribution < 1.29 is 28.5 Å². The number of benzene rings is 2. The highest BCUT2D eigenvalue weighted by Crippen LogP contribution is 2.39. The number of piperazine rings is 1. The van der Waals surface area contributed by atoms with Crippen molar-refractivity contribution in [1.82, 2.24) is 15.5 Å². The van der Waals surface area contributed by atoms with Crippen molar-refractivity contribution in [2.24, 2.45) is 0 Å². The molecule has 1 fully saturated rings. The number of urea groups is 1. The van der Waals surface area contributed by atoms with E-state index in [0.717, 1.165) is 37.6 Å². The molecular weight excluding hydrogens is 476 g/mol. The number of amides is 2. The standard InChI is InChI=1S/C27H34N4O6/c1-5-37-26(32)23-19(17-30-13-15-31(16-14-30)20-10-6-7-11-21(20)34-2)28-27(33)29-24(23)18-9-8-12-22(35-3)25(18)36-4/h6-12,24H,5,13-17H2,1-4H3,(H2,28,29,33)/t24-/m0/s1. The first-order valence-electron chi connectivity index (χ1n) is 12.3. The smallest absolute Gasteiger partial charge is 0.338 e. The molecule has 4 rings (SSSR count). The predicted molar refractivity (Wildman–Crippen MR) is 139 cm³/mol. The van der Waals surface area contributed by atoms with Crippen LogP contribution in [0.4, 0.5) is 10.5 Å². The van der Waals surface area contributed by atoms with E-state index in [1.807, 2.05) is 18.2 Å². The third-order valence-corrected chi connectivity index (χ3v) is 6.57. The Labute approximate surface area is 217 Å². The molecular formula is C27H34N4O6. The van der Waals surface area contributed by atoms with Crippen molar-refractivity contribution in [3.8, 4) is 17.2 Å². The number of nitrogens with zero attached hydrogens (tertiary/aromatic N) is 2. The van der Waals surface area contributed by atoms with Crippen LogP contribution < -0.4 is 29.7 Å². The Morgan fingerprint density at radius 2 is 1.65 bits per heavy atom. The summed E-state index contributed by atoms with van der Waals surface area (Å²) in [5.41, 5.74) is 2.53. The molecule has 2 N–H and O–H groups in total. The molecule has 0 bridgehead atoms. The molecule has 0 aliphatic carbocycles. The molecule has 2 heterocycles. The van der Waals surface area contributed by atoms with Crippen LogP contribution in [-0.2, 0) is 9.53 Å². The van der Waals surface area contributed by atoms with Gasteiger partial charge in [-0.2, -0.15) is 0 Å². The van der Waals surface area contributed by atoms with Crippen molar-refractivity contribution in [3.63, 3.8) is 0 Å². The minimum atomic E-state index is -0.761. The van der Waals surface area contributed by atoms with Crippen LogP contribution in [0.25, 0.3) is 0 Å². The molecule has 0 radical (unpaired) electrons. The lowest BCUT2D eigenvalue weighted by atomic mass is 9.93. The molecule has 0 aromatic heterocycles. The fourth-order valence-electron chi connectivity index (χ4n) is 4.83. The minimum absolute atomic E-state index is 0.211. The number of carbonyl (C=O) groups excluding carboxylic acids is 2. The first-order chi connectivity index (χ1) is 18.0. The largest absolute Gasteiger partial charge is 0.495 e. The van der Waals surface area contributed by atoms with Gasteiger partial charge in [0.2, 0.25) is 0 Å². The molecule has 2 aromatic carbocycles. The van der Waals surface area contributed by atoms with Gasteiger partial charge in [-0.15, -0.1) is 0 Å². The molecule has 37 heavy (non-hydrogen) atoms. The van der Waals surface area contributed by atoms with Gasteiger partial charge in [0.1, 0.15) is 5.75 Å². The fourth-order valence-corrected chi connectivity index (χ4v) is 4.83. The summed E-state index contributed by atoms with van der Waals surface area (Å²) in [4.78, 5) is 30.5. The summed E-state index contributed by atoms with van der Waals surface area (Å²) < 4.78 is 22.0. The third kappa shape index (κ3) is 5.59. The number of esters is 1. The highest BCUT2D eigenvalue weighted by Gasteiger charge is 2.36. The number of anilines is 1.